The van der Waals surface area contributed by atoms with Gasteiger partial charge in [0.15, 0.2) is 0 Å². The highest BCUT2D eigenvalue weighted by atomic mass is 79.9. The molecule has 2 aromatic carbocycles. The lowest BCUT2D eigenvalue weighted by Crippen LogP contribution is -1.82. The van der Waals surface area contributed by atoms with Crippen LogP contribution in [0.4, 0.5) is 0 Å². The van der Waals surface area contributed by atoms with Gasteiger partial charge in [0.25, 0.3) is 0 Å². The summed E-state index contributed by atoms with van der Waals surface area (Å²) in [6.45, 7) is 2.10. The third-order valence-electron chi connectivity index (χ3n) is 2.42. The quantitative estimate of drug-likeness (QED) is 0.796. The molecule has 0 amide bonds. The third-order valence-corrected chi connectivity index (χ3v) is 4.31. The van der Waals surface area contributed by atoms with E-state index in [9.17, 15) is 0 Å². The first-order valence-corrected chi connectivity index (χ1v) is 6.88. The second kappa shape index (κ2) is 5.61. The first-order valence-electron chi connectivity index (χ1n) is 5.27. The standard InChI is InChI=1S/C14H13BrOS/c1-10-9-13(7-8-14(10)15)17-12-5-3-11(16-2)4-6-12/h3-9H,1-2H3. The second-order valence-corrected chi connectivity index (χ2v) is 5.69. The molecule has 0 atom stereocenters. The summed E-state index contributed by atoms with van der Waals surface area (Å²) in [6, 6.07) is 14.5. The summed E-state index contributed by atoms with van der Waals surface area (Å²) in [5.74, 6) is 0.890. The van der Waals surface area contributed by atoms with Crippen LogP contribution in [0.3, 0.4) is 0 Å². The monoisotopic (exact) mass is 308 g/mol. The third kappa shape index (κ3) is 3.27. The molecule has 0 bridgehead atoms. The van der Waals surface area contributed by atoms with E-state index in [-0.39, 0.29) is 0 Å². The Kier molecular flexibility index (Phi) is 4.13. The molecule has 0 N–H and O–H groups in total. The van der Waals surface area contributed by atoms with Gasteiger partial charge < -0.3 is 4.74 Å². The van der Waals surface area contributed by atoms with Crippen LogP contribution >= 0.6 is 27.7 Å². The fraction of sp³-hybridized carbons (Fsp3) is 0.143. The molecule has 0 radical (unpaired) electrons. The van der Waals surface area contributed by atoms with Crippen molar-refractivity contribution in [3.05, 3.63) is 52.5 Å². The molecule has 17 heavy (non-hydrogen) atoms. The first kappa shape index (κ1) is 12.5. The van der Waals surface area contributed by atoms with E-state index >= 15 is 0 Å². The fourth-order valence-corrected chi connectivity index (χ4v) is 2.62. The molecule has 0 heterocycles. The molecule has 0 saturated carbocycles. The summed E-state index contributed by atoms with van der Waals surface area (Å²) in [5.41, 5.74) is 1.25. The van der Waals surface area contributed by atoms with Gasteiger partial charge in [-0.05, 0) is 55.0 Å². The normalized spacial score (nSPS) is 10.3. The van der Waals surface area contributed by atoms with Gasteiger partial charge in [-0.15, -0.1) is 0 Å². The molecular weight excluding hydrogens is 296 g/mol. The zero-order valence-electron chi connectivity index (χ0n) is 9.74. The topological polar surface area (TPSA) is 9.23 Å². The maximum atomic E-state index is 5.14. The van der Waals surface area contributed by atoms with E-state index in [1.165, 1.54) is 15.4 Å². The summed E-state index contributed by atoms with van der Waals surface area (Å²) in [4.78, 5) is 2.46. The molecule has 0 aliphatic carbocycles. The van der Waals surface area contributed by atoms with Crippen LogP contribution in [-0.4, -0.2) is 7.11 Å². The highest BCUT2D eigenvalue weighted by Crippen LogP contribution is 2.31. The Morgan fingerprint density at radius 3 is 2.24 bits per heavy atom. The molecule has 2 rings (SSSR count). The van der Waals surface area contributed by atoms with Gasteiger partial charge in [-0.1, -0.05) is 27.7 Å². The van der Waals surface area contributed by atoms with Crippen molar-refractivity contribution in [1.29, 1.82) is 0 Å². The van der Waals surface area contributed by atoms with Crippen molar-refractivity contribution in [1.82, 2.24) is 0 Å². The number of rotatable bonds is 3. The lowest BCUT2D eigenvalue weighted by atomic mass is 10.2. The van der Waals surface area contributed by atoms with Crippen molar-refractivity contribution in [3.8, 4) is 5.75 Å². The predicted octanol–water partition coefficient (Wildman–Crippen LogP) is 4.92. The maximum Gasteiger partial charge on any atom is 0.118 e. The van der Waals surface area contributed by atoms with E-state index in [0.717, 1.165) is 10.2 Å². The number of methoxy groups -OCH3 is 1. The van der Waals surface area contributed by atoms with E-state index in [1.54, 1.807) is 18.9 Å². The van der Waals surface area contributed by atoms with E-state index in [4.69, 9.17) is 4.74 Å². The van der Waals surface area contributed by atoms with Gasteiger partial charge in [-0.3, -0.25) is 0 Å². The van der Waals surface area contributed by atoms with Crippen LogP contribution < -0.4 is 4.74 Å². The van der Waals surface area contributed by atoms with Crippen molar-refractivity contribution in [3.63, 3.8) is 0 Å². The molecular formula is C14H13BrOS. The SMILES string of the molecule is COc1ccc(Sc2ccc(Br)c(C)c2)cc1. The lowest BCUT2D eigenvalue weighted by Gasteiger charge is -2.05. The Hall–Kier alpha value is -0.930. The lowest BCUT2D eigenvalue weighted by molar-refractivity contribution is 0.414. The van der Waals surface area contributed by atoms with Crippen LogP contribution in [-0.2, 0) is 0 Å². The first-order chi connectivity index (χ1) is 8.19. The summed E-state index contributed by atoms with van der Waals surface area (Å²) in [5, 5.41) is 0. The van der Waals surface area contributed by atoms with E-state index in [0.29, 0.717) is 0 Å². The van der Waals surface area contributed by atoms with Crippen LogP contribution in [0.15, 0.2) is 56.7 Å². The minimum Gasteiger partial charge on any atom is -0.497 e. The molecule has 0 spiro atoms. The average Bonchev–Trinajstić information content (AvgIpc) is 2.35. The zero-order chi connectivity index (χ0) is 12.3. The maximum absolute atomic E-state index is 5.14. The summed E-state index contributed by atoms with van der Waals surface area (Å²) in [6.07, 6.45) is 0. The largest absolute Gasteiger partial charge is 0.497 e. The number of halogens is 1. The number of hydrogen-bond acceptors (Lipinski definition) is 2. The number of ether oxygens (including phenoxy) is 1. The highest BCUT2D eigenvalue weighted by Gasteiger charge is 2.00. The number of hydrogen-bond donors (Lipinski definition) is 0. The van der Waals surface area contributed by atoms with Crippen molar-refractivity contribution < 1.29 is 4.74 Å². The van der Waals surface area contributed by atoms with Gasteiger partial charge in [-0.2, -0.15) is 0 Å². The van der Waals surface area contributed by atoms with Crippen LogP contribution in [0.5, 0.6) is 5.75 Å². The molecule has 2 aromatic rings. The van der Waals surface area contributed by atoms with E-state index in [1.807, 2.05) is 12.1 Å². The Morgan fingerprint density at radius 2 is 1.65 bits per heavy atom. The molecule has 1 nitrogen and oxygen atoms in total. The minimum atomic E-state index is 0.890. The number of aryl methyl sites for hydroxylation is 1. The van der Waals surface area contributed by atoms with E-state index in [2.05, 4.69) is 53.2 Å². The Labute approximate surface area is 114 Å². The predicted molar refractivity (Wildman–Crippen MR) is 76.0 cm³/mol. The summed E-state index contributed by atoms with van der Waals surface area (Å²) >= 11 is 5.26. The van der Waals surface area contributed by atoms with Gasteiger partial charge in [0.05, 0.1) is 7.11 Å². The van der Waals surface area contributed by atoms with Crippen molar-refractivity contribution in [2.24, 2.45) is 0 Å². The molecule has 0 unspecified atom stereocenters. The zero-order valence-corrected chi connectivity index (χ0v) is 12.1. The molecule has 0 fully saturated rings. The molecule has 0 aliphatic heterocycles. The second-order valence-electron chi connectivity index (χ2n) is 3.69. The molecule has 0 aliphatic rings. The van der Waals surface area contributed by atoms with Gasteiger partial charge in [-0.25, -0.2) is 0 Å². The van der Waals surface area contributed by atoms with Crippen LogP contribution in [0, 0.1) is 6.92 Å². The van der Waals surface area contributed by atoms with Crippen molar-refractivity contribution in [2.45, 2.75) is 16.7 Å². The summed E-state index contributed by atoms with van der Waals surface area (Å²) in [7, 11) is 1.68. The molecule has 0 aromatic heterocycles. The van der Waals surface area contributed by atoms with Crippen LogP contribution in [0.2, 0.25) is 0 Å². The highest BCUT2D eigenvalue weighted by molar-refractivity contribution is 9.10. The number of benzene rings is 2. The fourth-order valence-electron chi connectivity index (χ4n) is 1.46. The summed E-state index contributed by atoms with van der Waals surface area (Å²) < 4.78 is 6.29. The van der Waals surface area contributed by atoms with Crippen LogP contribution in [0.25, 0.3) is 0 Å². The minimum absolute atomic E-state index is 0.890. The van der Waals surface area contributed by atoms with Crippen molar-refractivity contribution in [2.75, 3.05) is 7.11 Å². The molecule has 88 valence electrons. The Bertz CT molecular complexity index is 508. The molecule has 3 heteroatoms. The Morgan fingerprint density at radius 1 is 1.00 bits per heavy atom. The van der Waals surface area contributed by atoms with Gasteiger partial charge in [0.2, 0.25) is 0 Å². The molecule has 0 saturated heterocycles. The van der Waals surface area contributed by atoms with Crippen LogP contribution in [0.1, 0.15) is 5.56 Å². The van der Waals surface area contributed by atoms with E-state index < -0.39 is 0 Å². The van der Waals surface area contributed by atoms with Gasteiger partial charge in [0, 0.05) is 14.3 Å². The van der Waals surface area contributed by atoms with Gasteiger partial charge in [0.1, 0.15) is 5.75 Å². The van der Waals surface area contributed by atoms with Gasteiger partial charge >= 0.3 is 0 Å². The Balaban J connectivity index is 2.16. The average molecular weight is 309 g/mol. The smallest absolute Gasteiger partial charge is 0.118 e. The van der Waals surface area contributed by atoms with Crippen molar-refractivity contribution >= 4 is 27.7 Å².